The molecule has 12 heteroatoms. The monoisotopic (exact) mass is 680 g/mol. The molecule has 1 N–H and O–H groups in total. The molecule has 4 aromatic carbocycles. The first-order valence-electron chi connectivity index (χ1n) is 15.3. The maximum Gasteiger partial charge on any atom is 0.342 e. The predicted octanol–water partition coefficient (Wildman–Crippen LogP) is 5.95. The number of hydrogen-bond donors (Lipinski definition) is 1. The zero-order valence-corrected chi connectivity index (χ0v) is 27.7. The minimum Gasteiger partial charge on any atom is -0.497 e. The molecule has 6 rings (SSSR count). The van der Waals surface area contributed by atoms with Crippen LogP contribution in [0, 0.1) is 0 Å². The number of ether oxygens (including phenoxy) is 4. The van der Waals surface area contributed by atoms with Gasteiger partial charge in [-0.05, 0) is 85.6 Å². The molecule has 49 heavy (non-hydrogen) atoms. The number of cyclic esters (lactones) is 1. The van der Waals surface area contributed by atoms with E-state index >= 15 is 0 Å². The summed E-state index contributed by atoms with van der Waals surface area (Å²) < 4.78 is 29.2. The van der Waals surface area contributed by atoms with Crippen LogP contribution in [0.4, 0.5) is 0 Å². The van der Waals surface area contributed by atoms with Gasteiger partial charge in [-0.1, -0.05) is 30.3 Å². The summed E-state index contributed by atoms with van der Waals surface area (Å²) >= 11 is 1.08. The van der Waals surface area contributed by atoms with Crippen molar-refractivity contribution in [3.05, 3.63) is 130 Å². The summed E-state index contributed by atoms with van der Waals surface area (Å²) in [6, 6.07) is 25.2. The van der Waals surface area contributed by atoms with Gasteiger partial charge in [-0.3, -0.25) is 4.79 Å². The van der Waals surface area contributed by atoms with Crippen molar-refractivity contribution in [1.29, 1.82) is 0 Å². The minimum atomic E-state index is -1.99. The third-order valence-electron chi connectivity index (χ3n) is 7.58. The molecule has 250 valence electrons. The van der Waals surface area contributed by atoms with Gasteiger partial charge in [0, 0.05) is 23.1 Å². The van der Waals surface area contributed by atoms with Crippen LogP contribution in [0.3, 0.4) is 0 Å². The largest absolute Gasteiger partial charge is 0.497 e. The van der Waals surface area contributed by atoms with E-state index in [9.17, 15) is 24.3 Å². The van der Waals surface area contributed by atoms with Crippen LogP contribution in [0.15, 0.2) is 96.6 Å². The second kappa shape index (κ2) is 15.5. The standard InChI is InChI=1S/C27H22N2O6S.C10H10O3/c1-3-34-25(30)17-6-4-16(5-7-17)14-21-24(18-8-13-22-23(15-18)29-36-28-22)26(31)35-27(21,32)19-9-11-20(33-2)12-10-19;1-2-13-10(12)9-5-3-8(7-11)4-6-9/h4-13,15,32H,3,14H2,1-2H3;3-7H,2H2,1H3. The molecule has 0 fully saturated rings. The first-order chi connectivity index (χ1) is 23.7. The Morgan fingerprint density at radius 2 is 1.43 bits per heavy atom. The van der Waals surface area contributed by atoms with E-state index in [1.165, 1.54) is 0 Å². The van der Waals surface area contributed by atoms with Gasteiger partial charge >= 0.3 is 17.9 Å². The maximum absolute atomic E-state index is 13.2. The minimum absolute atomic E-state index is 0.195. The van der Waals surface area contributed by atoms with Gasteiger partial charge in [0.1, 0.15) is 23.1 Å². The van der Waals surface area contributed by atoms with E-state index in [4.69, 9.17) is 18.9 Å². The Morgan fingerprint density at radius 3 is 2.00 bits per heavy atom. The van der Waals surface area contributed by atoms with Gasteiger partial charge in [-0.2, -0.15) is 8.75 Å². The van der Waals surface area contributed by atoms with Gasteiger partial charge in [0.25, 0.3) is 5.79 Å². The number of aldehydes is 1. The van der Waals surface area contributed by atoms with E-state index in [0.717, 1.165) is 29.1 Å². The summed E-state index contributed by atoms with van der Waals surface area (Å²) in [5, 5.41) is 11.8. The molecule has 1 aliphatic rings. The number of methoxy groups -OCH3 is 1. The first kappa shape index (κ1) is 34.6. The van der Waals surface area contributed by atoms with Crippen molar-refractivity contribution in [2.24, 2.45) is 0 Å². The van der Waals surface area contributed by atoms with E-state index < -0.39 is 17.7 Å². The molecule has 11 nitrogen and oxygen atoms in total. The second-order valence-corrected chi connectivity index (χ2v) is 11.2. The summed E-state index contributed by atoms with van der Waals surface area (Å²) in [6.07, 6.45) is 0.926. The lowest BCUT2D eigenvalue weighted by Crippen LogP contribution is -2.29. The Balaban J connectivity index is 0.000000304. The smallest absolute Gasteiger partial charge is 0.342 e. The summed E-state index contributed by atoms with van der Waals surface area (Å²) in [4.78, 5) is 46.7. The number of hydrogen-bond acceptors (Lipinski definition) is 12. The Kier molecular flexibility index (Phi) is 10.9. The molecule has 1 aromatic heterocycles. The van der Waals surface area contributed by atoms with Crippen molar-refractivity contribution >= 4 is 52.5 Å². The highest BCUT2D eigenvalue weighted by Crippen LogP contribution is 2.45. The number of nitrogens with zero attached hydrogens (tertiary/aromatic N) is 2. The summed E-state index contributed by atoms with van der Waals surface area (Å²) in [7, 11) is 1.55. The van der Waals surface area contributed by atoms with Gasteiger partial charge in [-0.15, -0.1) is 0 Å². The molecule has 0 saturated carbocycles. The normalized spacial score (nSPS) is 15.2. The van der Waals surface area contributed by atoms with Crippen molar-refractivity contribution in [2.45, 2.75) is 26.1 Å². The highest BCUT2D eigenvalue weighted by atomic mass is 32.1. The van der Waals surface area contributed by atoms with Crippen LogP contribution in [0.1, 0.15) is 61.6 Å². The van der Waals surface area contributed by atoms with Crippen LogP contribution in [-0.4, -0.2) is 58.4 Å². The third kappa shape index (κ3) is 7.72. The van der Waals surface area contributed by atoms with Gasteiger partial charge in [0.15, 0.2) is 0 Å². The highest BCUT2D eigenvalue weighted by Gasteiger charge is 2.48. The number of carbonyl (C=O) groups is 4. The molecule has 0 radical (unpaired) electrons. The molecule has 1 atom stereocenters. The van der Waals surface area contributed by atoms with Gasteiger partial charge in [0.2, 0.25) is 0 Å². The quantitative estimate of drug-likeness (QED) is 0.106. The summed E-state index contributed by atoms with van der Waals surface area (Å²) in [5.74, 6) is -2.81. The number of esters is 3. The molecule has 2 heterocycles. The van der Waals surface area contributed by atoms with E-state index in [-0.39, 0.29) is 24.6 Å². The van der Waals surface area contributed by atoms with Crippen LogP contribution in [0.5, 0.6) is 5.75 Å². The molecule has 0 amide bonds. The molecule has 1 unspecified atom stereocenters. The first-order valence-corrected chi connectivity index (χ1v) is 16.0. The van der Waals surface area contributed by atoms with Crippen LogP contribution < -0.4 is 4.74 Å². The Morgan fingerprint density at radius 1 is 0.837 bits per heavy atom. The Bertz CT molecular complexity index is 2000. The van der Waals surface area contributed by atoms with Crippen molar-refractivity contribution < 1.29 is 43.2 Å². The van der Waals surface area contributed by atoms with E-state index in [0.29, 0.717) is 51.3 Å². The lowest BCUT2D eigenvalue weighted by atomic mass is 9.88. The van der Waals surface area contributed by atoms with Gasteiger partial charge in [-0.25, -0.2) is 14.4 Å². The topological polar surface area (TPSA) is 151 Å². The number of aliphatic hydroxyl groups is 1. The predicted molar refractivity (Wildman–Crippen MR) is 181 cm³/mol. The van der Waals surface area contributed by atoms with Gasteiger partial charge in [0.05, 0.1) is 48.8 Å². The Hall–Kier alpha value is -5.72. The van der Waals surface area contributed by atoms with E-state index in [1.807, 2.05) is 0 Å². The fraction of sp³-hybridized carbons (Fsp3) is 0.189. The molecule has 0 saturated heterocycles. The number of benzene rings is 4. The van der Waals surface area contributed by atoms with Crippen LogP contribution in [0.2, 0.25) is 0 Å². The van der Waals surface area contributed by atoms with Crippen molar-refractivity contribution in [3.8, 4) is 5.75 Å². The van der Waals surface area contributed by atoms with E-state index in [1.54, 1.807) is 112 Å². The van der Waals surface area contributed by atoms with Crippen molar-refractivity contribution in [3.63, 3.8) is 0 Å². The number of aromatic nitrogens is 2. The molecule has 0 spiro atoms. The zero-order valence-electron chi connectivity index (χ0n) is 26.9. The fourth-order valence-electron chi connectivity index (χ4n) is 5.12. The third-order valence-corrected chi connectivity index (χ3v) is 8.14. The van der Waals surface area contributed by atoms with Crippen molar-refractivity contribution in [2.75, 3.05) is 20.3 Å². The molecular weight excluding hydrogens is 648 g/mol. The maximum atomic E-state index is 13.2. The highest BCUT2D eigenvalue weighted by molar-refractivity contribution is 7.00. The number of rotatable bonds is 10. The lowest BCUT2D eigenvalue weighted by Gasteiger charge is -2.26. The molecule has 0 bridgehead atoms. The van der Waals surface area contributed by atoms with Crippen molar-refractivity contribution in [1.82, 2.24) is 8.75 Å². The molecule has 1 aliphatic heterocycles. The molecular formula is C37H32N2O9S. The summed E-state index contributed by atoms with van der Waals surface area (Å²) in [6.45, 7) is 4.13. The number of fused-ring (bicyclic) bond motifs is 1. The van der Waals surface area contributed by atoms with E-state index in [2.05, 4.69) is 8.75 Å². The lowest BCUT2D eigenvalue weighted by molar-refractivity contribution is -0.185. The van der Waals surface area contributed by atoms with Crippen LogP contribution in [-0.2, 0) is 31.2 Å². The van der Waals surface area contributed by atoms with Crippen LogP contribution >= 0.6 is 11.7 Å². The Labute approximate surface area is 286 Å². The summed E-state index contributed by atoms with van der Waals surface area (Å²) in [5.41, 5.74) is 5.18. The fourth-order valence-corrected chi connectivity index (χ4v) is 5.63. The number of carbonyl (C=O) groups excluding carboxylic acids is 4. The average molecular weight is 681 g/mol. The average Bonchev–Trinajstić information content (AvgIpc) is 3.70. The van der Waals surface area contributed by atoms with Crippen LogP contribution in [0.25, 0.3) is 16.6 Å². The molecule has 5 aromatic rings. The zero-order chi connectivity index (χ0) is 35.0. The molecule has 0 aliphatic carbocycles. The van der Waals surface area contributed by atoms with Gasteiger partial charge < -0.3 is 24.1 Å². The SMILES string of the molecule is CCOC(=O)c1ccc(C=O)cc1.CCOC(=O)c1ccc(CC2=C(c3ccc4nsnc4c3)C(=O)OC2(O)c2ccc(OC)cc2)cc1. The second-order valence-electron chi connectivity index (χ2n) is 10.6.